The first-order valence-corrected chi connectivity index (χ1v) is 12.9. The Kier molecular flexibility index (Phi) is 8.61. The van der Waals surface area contributed by atoms with Crippen LogP contribution in [0.1, 0.15) is 37.8 Å². The maximum Gasteiger partial charge on any atom is 0.309 e. The van der Waals surface area contributed by atoms with Gasteiger partial charge < -0.3 is 24.8 Å². The van der Waals surface area contributed by atoms with Crippen LogP contribution in [-0.4, -0.2) is 63.5 Å². The number of imidazole rings is 1. The van der Waals surface area contributed by atoms with Crippen molar-refractivity contribution >= 4 is 23.6 Å². The van der Waals surface area contributed by atoms with E-state index in [-0.39, 0.29) is 24.3 Å². The predicted molar refractivity (Wildman–Crippen MR) is 144 cm³/mol. The van der Waals surface area contributed by atoms with Gasteiger partial charge in [0.2, 0.25) is 5.91 Å². The van der Waals surface area contributed by atoms with Crippen molar-refractivity contribution in [2.45, 2.75) is 58.3 Å². The largest absolute Gasteiger partial charge is 0.469 e. The number of methoxy groups -OCH3 is 1. The summed E-state index contributed by atoms with van der Waals surface area (Å²) in [6, 6.07) is 8.25. The van der Waals surface area contributed by atoms with Crippen molar-refractivity contribution in [1.82, 2.24) is 19.4 Å². The van der Waals surface area contributed by atoms with Crippen LogP contribution in [0.2, 0.25) is 0 Å². The molecule has 2 aromatic rings. The van der Waals surface area contributed by atoms with Gasteiger partial charge in [-0.05, 0) is 37.4 Å². The van der Waals surface area contributed by atoms with Crippen molar-refractivity contribution in [2.75, 3.05) is 20.2 Å². The molecular weight excluding hydrogens is 466 g/mol. The summed E-state index contributed by atoms with van der Waals surface area (Å²) in [5, 5.41) is 2.13. The lowest BCUT2D eigenvalue weighted by molar-refractivity contribution is -0.139. The molecule has 1 aliphatic carbocycles. The number of fused-ring (bicyclic) bond motifs is 2. The second-order valence-corrected chi connectivity index (χ2v) is 9.68. The molecule has 0 fully saturated rings. The Morgan fingerprint density at radius 1 is 1.19 bits per heavy atom. The summed E-state index contributed by atoms with van der Waals surface area (Å²) in [4.78, 5) is 32.8. The molecule has 1 aliphatic heterocycles. The number of aryl methyl sites for hydroxylation is 1. The van der Waals surface area contributed by atoms with E-state index in [1.54, 1.807) is 6.92 Å². The van der Waals surface area contributed by atoms with Gasteiger partial charge in [0, 0.05) is 44.4 Å². The lowest BCUT2D eigenvalue weighted by Gasteiger charge is -2.37. The van der Waals surface area contributed by atoms with E-state index >= 15 is 0 Å². The predicted octanol–water partition coefficient (Wildman–Crippen LogP) is 1.47. The molecular formula is C29H37N5O3. The number of aromatic nitrogens is 2. The van der Waals surface area contributed by atoms with E-state index in [4.69, 9.17) is 15.5 Å². The summed E-state index contributed by atoms with van der Waals surface area (Å²) in [6.45, 7) is 6.41. The van der Waals surface area contributed by atoms with Gasteiger partial charge in [-0.2, -0.15) is 0 Å². The van der Waals surface area contributed by atoms with Crippen molar-refractivity contribution < 1.29 is 14.3 Å². The van der Waals surface area contributed by atoms with Crippen LogP contribution in [0.25, 0.3) is 11.8 Å². The van der Waals surface area contributed by atoms with Gasteiger partial charge in [-0.25, -0.2) is 4.98 Å². The number of hydrogen-bond donors (Lipinski definition) is 1. The first kappa shape index (κ1) is 26.4. The second-order valence-electron chi connectivity index (χ2n) is 9.68. The molecule has 37 heavy (non-hydrogen) atoms. The highest BCUT2D eigenvalue weighted by atomic mass is 16.5. The molecule has 2 N–H and O–H groups in total. The van der Waals surface area contributed by atoms with Crippen molar-refractivity contribution in [3.8, 4) is 0 Å². The van der Waals surface area contributed by atoms with E-state index in [1.165, 1.54) is 12.7 Å². The first-order valence-electron chi connectivity index (χ1n) is 12.9. The number of ether oxygens (including phenoxy) is 1. The van der Waals surface area contributed by atoms with Crippen LogP contribution in [0.3, 0.4) is 0 Å². The summed E-state index contributed by atoms with van der Waals surface area (Å²) >= 11 is 0. The highest BCUT2D eigenvalue weighted by Crippen LogP contribution is 2.23. The zero-order valence-corrected chi connectivity index (χ0v) is 22.0. The van der Waals surface area contributed by atoms with Crippen LogP contribution in [0, 0.1) is 0 Å². The monoisotopic (exact) mass is 503 g/mol. The van der Waals surface area contributed by atoms with Crippen LogP contribution >= 0.6 is 0 Å². The number of carbonyl (C=O) groups is 2. The van der Waals surface area contributed by atoms with Crippen molar-refractivity contribution in [2.24, 2.45) is 5.73 Å². The summed E-state index contributed by atoms with van der Waals surface area (Å²) < 4.78 is 6.94. The topological polar surface area (TPSA) is 93.7 Å². The Labute approximate surface area is 218 Å². The average molecular weight is 504 g/mol. The molecule has 2 unspecified atom stereocenters. The van der Waals surface area contributed by atoms with Gasteiger partial charge in [0.1, 0.15) is 5.35 Å². The molecule has 2 atom stereocenters. The fourth-order valence-corrected chi connectivity index (χ4v) is 5.00. The molecule has 1 amide bonds. The normalized spacial score (nSPS) is 16.6. The standard InChI is InChI=1S/C29H37N5O3/c1-21(13-14-30)34-19-26-29(25-7-4-5-8-27(25)34)33(20-31-26)16-6-15-32(22(2)35)18-24-11-9-23(10-12-24)17-28(36)37-3/h4-5,7-12,19-21,27H,6,13-18,30H2,1-3H3. The first-order chi connectivity index (χ1) is 17.9. The number of carbonyl (C=O) groups excluding carboxylic acids is 2. The minimum Gasteiger partial charge on any atom is -0.469 e. The SMILES string of the molecule is COC(=O)Cc1ccc(CN(CCCn2cnc3c2=C2C=CC=CC2N(C(C)CCN)C=3)C(C)=O)cc1. The molecule has 8 nitrogen and oxygen atoms in total. The highest BCUT2D eigenvalue weighted by Gasteiger charge is 2.27. The van der Waals surface area contributed by atoms with E-state index in [0.29, 0.717) is 25.7 Å². The minimum atomic E-state index is -0.264. The van der Waals surface area contributed by atoms with Crippen molar-refractivity contribution in [3.05, 3.63) is 76.7 Å². The lowest BCUT2D eigenvalue weighted by Crippen LogP contribution is -2.49. The number of nitrogens with two attached hydrogens (primary N) is 1. The number of nitrogens with zero attached hydrogens (tertiary/aromatic N) is 4. The molecule has 0 radical (unpaired) electrons. The maximum absolute atomic E-state index is 12.4. The van der Waals surface area contributed by atoms with Gasteiger partial charge in [-0.3, -0.25) is 9.59 Å². The van der Waals surface area contributed by atoms with Gasteiger partial charge in [0.25, 0.3) is 0 Å². The van der Waals surface area contributed by atoms with E-state index in [2.05, 4.69) is 46.9 Å². The number of benzene rings is 1. The zero-order valence-electron chi connectivity index (χ0n) is 22.0. The third kappa shape index (κ3) is 6.20. The van der Waals surface area contributed by atoms with Crippen LogP contribution in [-0.2, 0) is 33.8 Å². The Morgan fingerprint density at radius 3 is 2.65 bits per heavy atom. The molecule has 1 aromatic carbocycles. The number of allylic oxidation sites excluding steroid dienone is 2. The molecule has 8 heteroatoms. The van der Waals surface area contributed by atoms with E-state index in [1.807, 2.05) is 35.5 Å². The van der Waals surface area contributed by atoms with Crippen molar-refractivity contribution in [1.29, 1.82) is 0 Å². The maximum atomic E-state index is 12.4. The molecule has 196 valence electrons. The Hall–Kier alpha value is -3.65. The summed E-state index contributed by atoms with van der Waals surface area (Å²) in [7, 11) is 1.39. The van der Waals surface area contributed by atoms with Crippen LogP contribution < -0.4 is 16.4 Å². The van der Waals surface area contributed by atoms with Gasteiger partial charge in [0.15, 0.2) is 0 Å². The molecule has 2 aliphatic rings. The van der Waals surface area contributed by atoms with Gasteiger partial charge in [-0.1, -0.05) is 48.6 Å². The Morgan fingerprint density at radius 2 is 1.95 bits per heavy atom. The molecule has 0 saturated carbocycles. The summed E-state index contributed by atoms with van der Waals surface area (Å²) in [6.07, 6.45) is 14.6. The third-order valence-electron chi connectivity index (χ3n) is 7.07. The van der Waals surface area contributed by atoms with E-state index in [0.717, 1.165) is 41.2 Å². The van der Waals surface area contributed by atoms with Crippen LogP contribution in [0.15, 0.2) is 54.9 Å². The third-order valence-corrected chi connectivity index (χ3v) is 7.07. The molecule has 1 aromatic heterocycles. The van der Waals surface area contributed by atoms with Gasteiger partial charge in [0.05, 0.1) is 31.2 Å². The zero-order chi connectivity index (χ0) is 26.4. The fraction of sp³-hybridized carbons (Fsp3) is 0.414. The Balaban J connectivity index is 1.45. The number of esters is 1. The minimum absolute atomic E-state index is 0.0407. The molecule has 2 heterocycles. The van der Waals surface area contributed by atoms with Gasteiger partial charge >= 0.3 is 5.97 Å². The van der Waals surface area contributed by atoms with Crippen LogP contribution in [0.4, 0.5) is 0 Å². The Bertz CT molecular complexity index is 1290. The average Bonchev–Trinajstić information content (AvgIpc) is 3.31. The molecule has 0 saturated heterocycles. The fourth-order valence-electron chi connectivity index (χ4n) is 5.00. The van der Waals surface area contributed by atoms with Crippen LogP contribution in [0.5, 0.6) is 0 Å². The highest BCUT2D eigenvalue weighted by molar-refractivity contribution is 5.73. The second kappa shape index (κ2) is 12.1. The number of hydrogen-bond acceptors (Lipinski definition) is 6. The van der Waals surface area contributed by atoms with Gasteiger partial charge in [-0.15, -0.1) is 0 Å². The number of rotatable bonds is 11. The lowest BCUT2D eigenvalue weighted by atomic mass is 9.96. The molecule has 0 bridgehead atoms. The van der Waals surface area contributed by atoms with E-state index in [9.17, 15) is 9.59 Å². The summed E-state index contributed by atoms with van der Waals surface area (Å²) in [5.41, 5.74) is 9.01. The van der Waals surface area contributed by atoms with E-state index < -0.39 is 0 Å². The summed E-state index contributed by atoms with van der Waals surface area (Å²) in [5.74, 6) is -0.224. The quantitative estimate of drug-likeness (QED) is 0.467. The number of amides is 1. The molecule has 4 rings (SSSR count). The smallest absolute Gasteiger partial charge is 0.309 e. The van der Waals surface area contributed by atoms with Crippen molar-refractivity contribution in [3.63, 3.8) is 0 Å². The molecule has 0 spiro atoms.